The summed E-state index contributed by atoms with van der Waals surface area (Å²) >= 11 is 0. The van der Waals surface area contributed by atoms with Crippen LogP contribution in [-0.2, 0) is 14.3 Å². The minimum absolute atomic E-state index is 0.164. The number of nitrogens with one attached hydrogen (secondary N) is 1. The van der Waals surface area contributed by atoms with Crippen LogP contribution in [0.4, 0.5) is 29.3 Å². The van der Waals surface area contributed by atoms with Gasteiger partial charge in [-0.3, -0.25) is 9.36 Å². The largest absolute Gasteiger partial charge is 0.490 e. The fourth-order valence-corrected chi connectivity index (χ4v) is 4.58. The molecule has 6 N–H and O–H groups in total. The van der Waals surface area contributed by atoms with Gasteiger partial charge in [0, 0.05) is 25.6 Å². The molecule has 5 atom stereocenters. The Morgan fingerprint density at radius 3 is 2.44 bits per heavy atom. The van der Waals surface area contributed by atoms with Gasteiger partial charge in [-0.05, 0) is 31.0 Å². The number of carbonyl (C=O) groups excluding carboxylic acids is 1. The fraction of sp³-hybridized carbons (Fsp3) is 0.458. The molecule has 2 aromatic heterocycles. The number of likely N-dealkylation sites (N-methyl/N-ethyl adjacent to an activating group) is 1. The van der Waals surface area contributed by atoms with Crippen LogP contribution in [0.2, 0.25) is 0 Å². The van der Waals surface area contributed by atoms with E-state index >= 15 is 0 Å². The molecular formula is C24H27F4N7O6. The molecule has 13 nitrogen and oxygen atoms in total. The molecule has 4 heterocycles. The molecule has 2 fully saturated rings. The van der Waals surface area contributed by atoms with Crippen molar-refractivity contribution in [1.29, 1.82) is 0 Å². The van der Waals surface area contributed by atoms with Gasteiger partial charge in [-0.15, -0.1) is 0 Å². The Labute approximate surface area is 229 Å². The van der Waals surface area contributed by atoms with Crippen molar-refractivity contribution in [2.24, 2.45) is 0 Å². The quantitative estimate of drug-likeness (QED) is 0.268. The number of halogens is 4. The molecule has 1 aromatic carbocycles. The monoisotopic (exact) mass is 585 g/mol. The molecule has 2 saturated heterocycles. The third-order valence-corrected chi connectivity index (χ3v) is 6.61. The van der Waals surface area contributed by atoms with Crippen molar-refractivity contribution in [2.75, 3.05) is 30.3 Å². The molecule has 17 heteroatoms. The number of hydrogen-bond acceptors (Lipinski definition) is 10. The van der Waals surface area contributed by atoms with E-state index in [2.05, 4.69) is 20.3 Å². The summed E-state index contributed by atoms with van der Waals surface area (Å²) in [6.07, 6.45) is -7.95. The summed E-state index contributed by atoms with van der Waals surface area (Å²) in [5.41, 5.74) is 7.85. The average molecular weight is 586 g/mol. The maximum Gasteiger partial charge on any atom is 0.490 e. The van der Waals surface area contributed by atoms with E-state index in [0.717, 1.165) is 12.0 Å². The Morgan fingerprint density at radius 2 is 1.83 bits per heavy atom. The van der Waals surface area contributed by atoms with E-state index in [0.29, 0.717) is 36.7 Å². The van der Waals surface area contributed by atoms with Gasteiger partial charge in [0.05, 0.1) is 6.33 Å². The van der Waals surface area contributed by atoms with Crippen LogP contribution in [0.5, 0.6) is 0 Å². The number of carboxylic acid groups (broad SMARTS) is 1. The zero-order valence-electron chi connectivity index (χ0n) is 21.5. The lowest BCUT2D eigenvalue weighted by Crippen LogP contribution is -2.42. The van der Waals surface area contributed by atoms with Crippen molar-refractivity contribution in [3.63, 3.8) is 0 Å². The number of benzene rings is 1. The Hall–Kier alpha value is -4.09. The van der Waals surface area contributed by atoms with Gasteiger partial charge in [0.2, 0.25) is 5.95 Å². The lowest BCUT2D eigenvalue weighted by atomic mass is 9.99. The van der Waals surface area contributed by atoms with Crippen LogP contribution >= 0.6 is 0 Å². The number of aliphatic hydroxyl groups excluding tert-OH is 2. The molecule has 222 valence electrons. The number of nitrogen functional groups attached to an aromatic ring is 1. The number of aliphatic carboxylic acids is 1. The molecule has 5 rings (SSSR count). The summed E-state index contributed by atoms with van der Waals surface area (Å²) < 4.78 is 52.2. The Morgan fingerprint density at radius 1 is 1.17 bits per heavy atom. The Bertz CT molecular complexity index is 1400. The van der Waals surface area contributed by atoms with Gasteiger partial charge < -0.3 is 36.0 Å². The lowest BCUT2D eigenvalue weighted by molar-refractivity contribution is -0.192. The Kier molecular flexibility index (Phi) is 8.60. The molecular weight excluding hydrogens is 558 g/mol. The first-order chi connectivity index (χ1) is 19.3. The zero-order valence-corrected chi connectivity index (χ0v) is 21.5. The van der Waals surface area contributed by atoms with Gasteiger partial charge in [0.15, 0.2) is 23.8 Å². The number of carbonyl (C=O) groups is 2. The smallest absolute Gasteiger partial charge is 0.475 e. The summed E-state index contributed by atoms with van der Waals surface area (Å²) in [6, 6.07) is 6.47. The second-order valence-corrected chi connectivity index (χ2v) is 9.34. The summed E-state index contributed by atoms with van der Waals surface area (Å²) in [7, 11) is 0. The molecule has 0 radical (unpaired) electrons. The predicted octanol–water partition coefficient (Wildman–Crippen LogP) is 0.930. The van der Waals surface area contributed by atoms with Crippen LogP contribution in [0.3, 0.4) is 0 Å². The number of imidazole rings is 1. The summed E-state index contributed by atoms with van der Waals surface area (Å²) in [5.74, 6) is -2.79. The van der Waals surface area contributed by atoms with E-state index in [1.165, 1.54) is 23.0 Å². The van der Waals surface area contributed by atoms with E-state index in [4.69, 9.17) is 20.4 Å². The minimum Gasteiger partial charge on any atom is -0.475 e. The number of nitrogens with two attached hydrogens (primary N) is 1. The number of alkyl halides is 3. The first kappa shape index (κ1) is 29.9. The average Bonchev–Trinajstić information content (AvgIpc) is 3.63. The standard InChI is InChI=1S/C22H26FN7O4.C2HF3O2/c1-2-25-20(33)17-15(31)16(32)21(34-17)30-10-26-14-18(24)27-22(28-19(14)30)29-8-7-12(9-29)11-3-5-13(23)6-4-11;3-2(4,5)1(6)7/h3-6,10,12,15-17,21,31-32H,2,7-9H2,1H3,(H,25,33)(H2,24,27,28);(H,6,7)/t12-,15+,16-,17+,21+;/m0./s1. The second kappa shape index (κ2) is 11.8. The lowest BCUT2D eigenvalue weighted by Gasteiger charge is -2.19. The van der Waals surface area contributed by atoms with Gasteiger partial charge in [-0.2, -0.15) is 23.1 Å². The van der Waals surface area contributed by atoms with Crippen LogP contribution in [0.25, 0.3) is 11.2 Å². The van der Waals surface area contributed by atoms with Crippen LogP contribution < -0.4 is 16.0 Å². The van der Waals surface area contributed by atoms with Gasteiger partial charge >= 0.3 is 12.1 Å². The number of hydrogen-bond donors (Lipinski definition) is 5. The SMILES string of the molecule is CCNC(=O)[C@@H]1O[C@@H](n2cnc3c(N)nc(N4CC[C@H](c5ccc(F)cc5)C4)nc32)[C@@H](O)[C@H]1O.O=C(O)C(F)(F)F. The van der Waals surface area contributed by atoms with E-state index in [1.807, 2.05) is 4.90 Å². The summed E-state index contributed by atoms with van der Waals surface area (Å²) in [5, 5.41) is 30.7. The number of aromatic nitrogens is 4. The summed E-state index contributed by atoms with van der Waals surface area (Å²) in [4.78, 5) is 36.4. The van der Waals surface area contributed by atoms with Gasteiger partial charge in [0.1, 0.15) is 23.5 Å². The number of nitrogens with zero attached hydrogens (tertiary/aromatic N) is 5. The van der Waals surface area contributed by atoms with Gasteiger partial charge in [0.25, 0.3) is 5.91 Å². The molecule has 0 aliphatic carbocycles. The number of ether oxygens (including phenoxy) is 1. The highest BCUT2D eigenvalue weighted by molar-refractivity contribution is 5.84. The molecule has 0 saturated carbocycles. The van der Waals surface area contributed by atoms with Gasteiger partial charge in [-0.25, -0.2) is 14.2 Å². The van der Waals surface area contributed by atoms with Crippen molar-refractivity contribution >= 4 is 34.8 Å². The molecule has 1 amide bonds. The Balaban J connectivity index is 0.000000493. The van der Waals surface area contributed by atoms with Crippen LogP contribution in [0.1, 0.15) is 31.1 Å². The van der Waals surface area contributed by atoms with E-state index < -0.39 is 42.6 Å². The maximum atomic E-state index is 13.3. The van der Waals surface area contributed by atoms with Crippen molar-refractivity contribution in [2.45, 2.75) is 50.0 Å². The number of amides is 1. The summed E-state index contributed by atoms with van der Waals surface area (Å²) in [6.45, 7) is 3.42. The number of carboxylic acids is 1. The van der Waals surface area contributed by atoms with Crippen LogP contribution in [0.15, 0.2) is 30.6 Å². The highest BCUT2D eigenvalue weighted by Gasteiger charge is 2.47. The van der Waals surface area contributed by atoms with Crippen LogP contribution in [0, 0.1) is 5.82 Å². The van der Waals surface area contributed by atoms with Crippen LogP contribution in [-0.4, -0.2) is 90.8 Å². The molecule has 2 aliphatic rings. The normalized spacial score (nSPS) is 24.3. The molecule has 0 unspecified atom stereocenters. The predicted molar refractivity (Wildman–Crippen MR) is 134 cm³/mol. The molecule has 41 heavy (non-hydrogen) atoms. The highest BCUT2D eigenvalue weighted by atomic mass is 19.4. The number of rotatable bonds is 5. The number of anilines is 2. The van der Waals surface area contributed by atoms with E-state index in [1.54, 1.807) is 19.1 Å². The molecule has 0 bridgehead atoms. The van der Waals surface area contributed by atoms with Crippen molar-refractivity contribution < 1.29 is 47.2 Å². The van der Waals surface area contributed by atoms with Crippen molar-refractivity contribution in [1.82, 2.24) is 24.8 Å². The van der Waals surface area contributed by atoms with Crippen molar-refractivity contribution in [3.8, 4) is 0 Å². The van der Waals surface area contributed by atoms with E-state index in [-0.39, 0.29) is 17.6 Å². The van der Waals surface area contributed by atoms with Gasteiger partial charge in [-0.1, -0.05) is 12.1 Å². The van der Waals surface area contributed by atoms with E-state index in [9.17, 15) is 32.6 Å². The minimum atomic E-state index is -5.08. The number of fused-ring (bicyclic) bond motifs is 1. The fourth-order valence-electron chi connectivity index (χ4n) is 4.58. The molecule has 0 spiro atoms. The first-order valence-corrected chi connectivity index (χ1v) is 12.4. The third kappa shape index (κ3) is 6.31. The highest BCUT2D eigenvalue weighted by Crippen LogP contribution is 2.34. The molecule has 2 aliphatic heterocycles. The van der Waals surface area contributed by atoms with Crippen molar-refractivity contribution in [3.05, 3.63) is 42.0 Å². The third-order valence-electron chi connectivity index (χ3n) is 6.61. The second-order valence-electron chi connectivity index (χ2n) is 9.34. The first-order valence-electron chi connectivity index (χ1n) is 12.4. The zero-order chi connectivity index (χ0) is 30.1. The molecule has 3 aromatic rings. The maximum absolute atomic E-state index is 13.3. The topological polar surface area (TPSA) is 189 Å². The number of aliphatic hydroxyl groups is 2.